The Kier molecular flexibility index (Phi) is 7.89. The van der Waals surface area contributed by atoms with Gasteiger partial charge in [-0.1, -0.05) is 18.2 Å². The maximum absolute atomic E-state index is 16.1. The van der Waals surface area contributed by atoms with E-state index in [1.807, 2.05) is 37.3 Å². The lowest BCUT2D eigenvalue weighted by Crippen LogP contribution is -2.59. The van der Waals surface area contributed by atoms with Gasteiger partial charge in [0.2, 0.25) is 0 Å². The molecule has 0 radical (unpaired) electrons. The molecule has 1 spiro atoms. The topological polar surface area (TPSA) is 103 Å². The molecule has 262 valence electrons. The zero-order chi connectivity index (χ0) is 35.6. The first-order valence-corrected chi connectivity index (χ1v) is 18.2. The van der Waals surface area contributed by atoms with Gasteiger partial charge in [-0.2, -0.15) is 0 Å². The van der Waals surface area contributed by atoms with E-state index >= 15 is 4.39 Å². The van der Waals surface area contributed by atoms with Crippen molar-refractivity contribution < 1.29 is 23.1 Å². The number of fused-ring (bicyclic) bond motifs is 4. The molecular formula is C40H34F2N6O3S. The van der Waals surface area contributed by atoms with E-state index in [2.05, 4.69) is 25.2 Å². The zero-order valence-corrected chi connectivity index (χ0v) is 29.2. The van der Waals surface area contributed by atoms with E-state index in [1.165, 1.54) is 23.5 Å². The fraction of sp³-hybridized carbons (Fsp3) is 0.250. The van der Waals surface area contributed by atoms with Crippen molar-refractivity contribution in [3.05, 3.63) is 113 Å². The number of para-hydroxylation sites is 1. The maximum atomic E-state index is 16.1. The van der Waals surface area contributed by atoms with Crippen molar-refractivity contribution in [1.82, 2.24) is 15.0 Å². The summed E-state index contributed by atoms with van der Waals surface area (Å²) in [5.41, 5.74) is 5.62. The van der Waals surface area contributed by atoms with Crippen molar-refractivity contribution in [2.45, 2.75) is 26.2 Å². The van der Waals surface area contributed by atoms with Crippen LogP contribution in [0.4, 0.5) is 26.0 Å². The number of benzene rings is 3. The number of thiophene rings is 1. The van der Waals surface area contributed by atoms with Crippen LogP contribution in [0, 0.1) is 24.0 Å². The number of imidazole rings is 1. The van der Waals surface area contributed by atoms with Crippen molar-refractivity contribution in [2.75, 3.05) is 48.0 Å². The molecule has 9 nitrogen and oxygen atoms in total. The summed E-state index contributed by atoms with van der Waals surface area (Å²) in [5.74, 6) is -0.271. The molecule has 3 aliphatic rings. The van der Waals surface area contributed by atoms with Crippen LogP contribution < -0.4 is 15.1 Å². The number of nitrogens with one attached hydrogen (secondary N) is 2. The standard InChI is InChI=1S/C40H34F2N6O3S/c1-23-18-29(37(43-20-23)47-21-40(22-47)13-16-51-17-14-40)38(49)44-26-9-6-24(7-10-26)39(50)48-15-12-28-33(42)35(52-34(28)27-4-2-3-5-32(27)48)36-45-30-11-8-25(41)19-31(30)46-36/h2-11,18-20H,12-17,21-22H2,1H3,(H,44,49)(H,45,46). The Morgan fingerprint density at radius 2 is 1.77 bits per heavy atom. The van der Waals surface area contributed by atoms with Crippen LogP contribution in [-0.2, 0) is 11.2 Å². The Hall–Kier alpha value is -5.46. The number of amides is 2. The van der Waals surface area contributed by atoms with Gasteiger partial charge in [-0.25, -0.2) is 18.7 Å². The summed E-state index contributed by atoms with van der Waals surface area (Å²) in [7, 11) is 0. The molecule has 3 aliphatic heterocycles. The van der Waals surface area contributed by atoms with Crippen LogP contribution >= 0.6 is 11.3 Å². The number of carbonyl (C=O) groups is 2. The molecule has 52 heavy (non-hydrogen) atoms. The lowest BCUT2D eigenvalue weighted by molar-refractivity contribution is -0.000510. The summed E-state index contributed by atoms with van der Waals surface area (Å²) < 4.78 is 35.5. The number of hydrogen-bond acceptors (Lipinski definition) is 7. The lowest BCUT2D eigenvalue weighted by Gasteiger charge is -2.53. The number of H-pyrrole nitrogens is 1. The van der Waals surface area contributed by atoms with Crippen LogP contribution in [0.3, 0.4) is 0 Å². The zero-order valence-electron chi connectivity index (χ0n) is 28.3. The summed E-state index contributed by atoms with van der Waals surface area (Å²) in [5, 5.41) is 3.00. The maximum Gasteiger partial charge on any atom is 0.259 e. The summed E-state index contributed by atoms with van der Waals surface area (Å²) in [6.07, 6.45) is 4.12. The molecule has 6 aromatic rings. The molecular weight excluding hydrogens is 683 g/mol. The molecule has 9 rings (SSSR count). The first-order chi connectivity index (χ1) is 25.2. The van der Waals surface area contributed by atoms with Crippen molar-refractivity contribution in [2.24, 2.45) is 5.41 Å². The lowest BCUT2D eigenvalue weighted by atomic mass is 9.73. The molecule has 0 saturated carbocycles. The van der Waals surface area contributed by atoms with Crippen LogP contribution in [0.5, 0.6) is 0 Å². The second-order valence-electron chi connectivity index (χ2n) is 13.9. The summed E-state index contributed by atoms with van der Waals surface area (Å²) in [6.45, 7) is 5.43. The van der Waals surface area contributed by atoms with Crippen LogP contribution in [0.15, 0.2) is 79.0 Å². The minimum atomic E-state index is -0.400. The van der Waals surface area contributed by atoms with Gasteiger partial charge in [0.1, 0.15) is 22.3 Å². The molecule has 12 heteroatoms. The highest BCUT2D eigenvalue weighted by molar-refractivity contribution is 7.19. The highest BCUT2D eigenvalue weighted by Crippen LogP contribution is 2.46. The predicted octanol–water partition coefficient (Wildman–Crippen LogP) is 8.01. The van der Waals surface area contributed by atoms with Gasteiger partial charge in [0, 0.05) is 71.7 Å². The largest absolute Gasteiger partial charge is 0.381 e. The van der Waals surface area contributed by atoms with Crippen LogP contribution in [0.25, 0.3) is 32.2 Å². The highest BCUT2D eigenvalue weighted by atomic mass is 32.1. The molecule has 0 bridgehead atoms. The average Bonchev–Trinajstić information content (AvgIpc) is 3.66. The second kappa shape index (κ2) is 12.6. The number of rotatable bonds is 5. The number of halogens is 2. The molecule has 2 fully saturated rings. The first-order valence-electron chi connectivity index (χ1n) is 17.3. The SMILES string of the molecule is Cc1cnc(N2CC3(CCOCC3)C2)c(C(=O)Nc2ccc(C(=O)N3CCc4c(sc(-c5nc6ccc(F)cc6[nH]5)c4F)-c4ccccc43)cc2)c1. The Labute approximate surface area is 302 Å². The van der Waals surface area contributed by atoms with Crippen LogP contribution in [0.1, 0.15) is 44.7 Å². The Balaban J connectivity index is 0.940. The Morgan fingerprint density at radius 1 is 0.981 bits per heavy atom. The normalized spacial score (nSPS) is 16.3. The fourth-order valence-corrected chi connectivity index (χ4v) is 8.86. The van der Waals surface area contributed by atoms with Crippen molar-refractivity contribution in [3.63, 3.8) is 0 Å². The number of carbonyl (C=O) groups excluding carboxylic acids is 2. The molecule has 2 N–H and O–H groups in total. The number of aryl methyl sites for hydroxylation is 1. The third kappa shape index (κ3) is 5.62. The minimum Gasteiger partial charge on any atom is -0.381 e. The summed E-state index contributed by atoms with van der Waals surface area (Å²) in [4.78, 5) is 44.8. The molecule has 0 aliphatic carbocycles. The molecule has 3 aromatic heterocycles. The van der Waals surface area contributed by atoms with E-state index in [4.69, 9.17) is 4.74 Å². The van der Waals surface area contributed by atoms with E-state index < -0.39 is 11.6 Å². The number of aromatic nitrogens is 3. The number of aromatic amines is 1. The van der Waals surface area contributed by atoms with Crippen LogP contribution in [0.2, 0.25) is 0 Å². The van der Waals surface area contributed by atoms with Gasteiger partial charge in [0.25, 0.3) is 11.8 Å². The van der Waals surface area contributed by atoms with E-state index in [0.29, 0.717) is 62.0 Å². The molecule has 0 atom stereocenters. The van der Waals surface area contributed by atoms with E-state index in [-0.39, 0.29) is 23.8 Å². The smallest absolute Gasteiger partial charge is 0.259 e. The monoisotopic (exact) mass is 716 g/mol. The van der Waals surface area contributed by atoms with E-state index in [0.717, 1.165) is 55.1 Å². The van der Waals surface area contributed by atoms with E-state index in [9.17, 15) is 14.0 Å². The number of nitrogens with zero attached hydrogens (tertiary/aromatic N) is 4. The van der Waals surface area contributed by atoms with Gasteiger partial charge in [-0.05, 0) is 86.3 Å². The van der Waals surface area contributed by atoms with E-state index in [1.54, 1.807) is 41.4 Å². The van der Waals surface area contributed by atoms with Gasteiger partial charge < -0.3 is 24.8 Å². The van der Waals surface area contributed by atoms with Gasteiger partial charge in [0.15, 0.2) is 5.82 Å². The molecule has 0 unspecified atom stereocenters. The number of pyridine rings is 1. The Bertz CT molecular complexity index is 2380. The molecule has 6 heterocycles. The van der Waals surface area contributed by atoms with Crippen molar-refractivity contribution >= 4 is 51.4 Å². The third-order valence-electron chi connectivity index (χ3n) is 10.4. The predicted molar refractivity (Wildman–Crippen MR) is 198 cm³/mol. The van der Waals surface area contributed by atoms with Crippen LogP contribution in [-0.4, -0.2) is 59.6 Å². The molecule has 2 saturated heterocycles. The van der Waals surface area contributed by atoms with Crippen molar-refractivity contribution in [3.8, 4) is 21.1 Å². The third-order valence-corrected chi connectivity index (χ3v) is 11.7. The quantitative estimate of drug-likeness (QED) is 0.187. The molecule has 3 aromatic carbocycles. The first kappa shape index (κ1) is 32.4. The summed E-state index contributed by atoms with van der Waals surface area (Å²) >= 11 is 1.27. The Morgan fingerprint density at radius 3 is 2.58 bits per heavy atom. The highest BCUT2D eigenvalue weighted by Gasteiger charge is 2.45. The van der Waals surface area contributed by atoms with Gasteiger partial charge in [-0.15, -0.1) is 11.3 Å². The van der Waals surface area contributed by atoms with Gasteiger partial charge in [0.05, 0.1) is 22.3 Å². The van der Waals surface area contributed by atoms with Gasteiger partial charge in [-0.3, -0.25) is 9.59 Å². The summed E-state index contributed by atoms with van der Waals surface area (Å²) in [6, 6.07) is 20.4. The number of hydrogen-bond donors (Lipinski definition) is 2. The van der Waals surface area contributed by atoms with Crippen molar-refractivity contribution in [1.29, 1.82) is 0 Å². The fourth-order valence-electron chi connectivity index (χ4n) is 7.65. The second-order valence-corrected chi connectivity index (χ2v) is 14.9. The number of ether oxygens (including phenoxy) is 1. The minimum absolute atomic E-state index is 0.231. The average molecular weight is 717 g/mol. The number of anilines is 3. The molecule has 2 amide bonds. The van der Waals surface area contributed by atoms with Gasteiger partial charge >= 0.3 is 0 Å².